The van der Waals surface area contributed by atoms with E-state index in [9.17, 15) is 18.0 Å². The van der Waals surface area contributed by atoms with Gasteiger partial charge in [-0.05, 0) is 23.8 Å². The molecule has 0 saturated carbocycles. The van der Waals surface area contributed by atoms with Crippen LogP contribution in [-0.4, -0.2) is 17.3 Å². The molecule has 0 saturated heterocycles. The summed E-state index contributed by atoms with van der Waals surface area (Å²) in [7, 11) is 0. The van der Waals surface area contributed by atoms with Crippen LogP contribution in [0.4, 0.5) is 13.2 Å². The van der Waals surface area contributed by atoms with Crippen LogP contribution < -0.4 is 0 Å². The highest BCUT2D eigenvalue weighted by Gasteiger charge is 2.45. The van der Waals surface area contributed by atoms with E-state index < -0.39 is 24.0 Å². The first-order valence-corrected chi connectivity index (χ1v) is 6.29. The summed E-state index contributed by atoms with van der Waals surface area (Å²) in [6.45, 7) is 4.91. The molecule has 5 heteroatoms. The number of carboxylic acids is 1. The van der Waals surface area contributed by atoms with Gasteiger partial charge in [0.2, 0.25) is 0 Å². The van der Waals surface area contributed by atoms with Gasteiger partial charge in [0.15, 0.2) is 0 Å². The lowest BCUT2D eigenvalue weighted by atomic mass is 9.75. The molecule has 0 bridgehead atoms. The Morgan fingerprint density at radius 2 is 2.11 bits per heavy atom. The van der Waals surface area contributed by atoms with Gasteiger partial charge in [-0.25, -0.2) is 0 Å². The van der Waals surface area contributed by atoms with E-state index >= 15 is 0 Å². The Morgan fingerprint density at radius 3 is 2.42 bits per heavy atom. The van der Waals surface area contributed by atoms with Crippen LogP contribution in [0.2, 0.25) is 0 Å². The third-order valence-corrected chi connectivity index (χ3v) is 3.93. The molecule has 1 N–H and O–H groups in total. The molecular weight excluding hydrogens is 257 g/mol. The number of carbonyl (C=O) groups is 1. The van der Waals surface area contributed by atoms with Gasteiger partial charge in [-0.15, -0.1) is 0 Å². The van der Waals surface area contributed by atoms with Crippen LogP contribution >= 0.6 is 0 Å². The summed E-state index contributed by atoms with van der Waals surface area (Å²) in [5.41, 5.74) is 0.164. The Balaban J connectivity index is 2.99. The molecule has 3 atom stereocenters. The summed E-state index contributed by atoms with van der Waals surface area (Å²) in [5, 5.41) is 9.07. The fourth-order valence-electron chi connectivity index (χ4n) is 2.11. The van der Waals surface area contributed by atoms with Crippen LogP contribution in [0.25, 0.3) is 0 Å². The molecule has 0 spiro atoms. The molecule has 2 nitrogen and oxygen atoms in total. The summed E-state index contributed by atoms with van der Waals surface area (Å²) >= 11 is 0. The maximum absolute atomic E-state index is 12.7. The SMILES string of the molecule is CCC1(C)C=CC(C(C(=O)O)[C@@H](C)C(F)(F)F)=CC1. The van der Waals surface area contributed by atoms with Crippen LogP contribution in [0.15, 0.2) is 23.8 Å². The van der Waals surface area contributed by atoms with Gasteiger partial charge in [0.25, 0.3) is 0 Å². The van der Waals surface area contributed by atoms with Crippen molar-refractivity contribution in [1.29, 1.82) is 0 Å². The molecule has 108 valence electrons. The van der Waals surface area contributed by atoms with E-state index in [0.717, 1.165) is 13.3 Å². The zero-order valence-electron chi connectivity index (χ0n) is 11.3. The van der Waals surface area contributed by atoms with Gasteiger partial charge in [-0.1, -0.05) is 39.0 Å². The van der Waals surface area contributed by atoms with Gasteiger partial charge < -0.3 is 5.11 Å². The lowest BCUT2D eigenvalue weighted by Gasteiger charge is -2.30. The van der Waals surface area contributed by atoms with E-state index in [4.69, 9.17) is 5.11 Å². The molecule has 0 aromatic carbocycles. The first-order valence-electron chi connectivity index (χ1n) is 6.29. The van der Waals surface area contributed by atoms with Crippen LogP contribution in [0.5, 0.6) is 0 Å². The lowest BCUT2D eigenvalue weighted by Crippen LogP contribution is -2.34. The second-order valence-electron chi connectivity index (χ2n) is 5.40. The van der Waals surface area contributed by atoms with Gasteiger partial charge in [-0.2, -0.15) is 13.2 Å². The van der Waals surface area contributed by atoms with Crippen molar-refractivity contribution in [3.05, 3.63) is 23.8 Å². The quantitative estimate of drug-likeness (QED) is 0.836. The van der Waals surface area contributed by atoms with Gasteiger partial charge in [0.1, 0.15) is 0 Å². The molecular formula is C14H19F3O2. The third-order valence-electron chi connectivity index (χ3n) is 3.93. The highest BCUT2D eigenvalue weighted by Crippen LogP contribution is 2.40. The Kier molecular flexibility index (Phi) is 4.48. The average molecular weight is 276 g/mol. The topological polar surface area (TPSA) is 37.3 Å². The summed E-state index contributed by atoms with van der Waals surface area (Å²) in [5.74, 6) is -4.86. The number of allylic oxidation sites excluding steroid dienone is 3. The molecule has 0 aliphatic heterocycles. The molecule has 0 aromatic heterocycles. The molecule has 1 aliphatic carbocycles. The standard InChI is InChI=1S/C14H19F3O2/c1-4-13(3)7-5-10(6-8-13)11(12(18)19)9(2)14(15,16)17/h5-7,9,11H,4,8H2,1-3H3,(H,18,19)/t9-,11?,13?/m1/s1. The Hall–Kier alpha value is -1.26. The van der Waals surface area contributed by atoms with Crippen LogP contribution in [-0.2, 0) is 4.79 Å². The summed E-state index contributed by atoms with van der Waals surface area (Å²) < 4.78 is 38.2. The molecule has 1 aliphatic rings. The number of halogens is 3. The second kappa shape index (κ2) is 5.39. The molecule has 0 heterocycles. The smallest absolute Gasteiger partial charge is 0.392 e. The maximum atomic E-state index is 12.7. The lowest BCUT2D eigenvalue weighted by molar-refractivity contribution is -0.188. The molecule has 19 heavy (non-hydrogen) atoms. The van der Waals surface area contributed by atoms with E-state index in [1.54, 1.807) is 6.08 Å². The van der Waals surface area contributed by atoms with Crippen LogP contribution in [0.3, 0.4) is 0 Å². The minimum absolute atomic E-state index is 0.0893. The van der Waals surface area contributed by atoms with E-state index in [0.29, 0.717) is 6.42 Å². The highest BCUT2D eigenvalue weighted by atomic mass is 19.4. The number of hydrogen-bond donors (Lipinski definition) is 1. The minimum Gasteiger partial charge on any atom is -0.481 e. The van der Waals surface area contributed by atoms with Crippen molar-refractivity contribution in [3.63, 3.8) is 0 Å². The monoisotopic (exact) mass is 276 g/mol. The number of carboxylic acid groups (broad SMARTS) is 1. The van der Waals surface area contributed by atoms with Crippen molar-refractivity contribution in [3.8, 4) is 0 Å². The summed E-state index contributed by atoms with van der Waals surface area (Å²) in [4.78, 5) is 11.1. The van der Waals surface area contributed by atoms with E-state index in [-0.39, 0.29) is 11.0 Å². The third kappa shape index (κ3) is 3.61. The molecule has 0 amide bonds. The normalized spacial score (nSPS) is 26.7. The van der Waals surface area contributed by atoms with E-state index in [1.807, 2.05) is 19.9 Å². The van der Waals surface area contributed by atoms with Crippen LogP contribution in [0, 0.1) is 17.3 Å². The van der Waals surface area contributed by atoms with Crippen molar-refractivity contribution in [2.45, 2.75) is 39.8 Å². The number of aliphatic carboxylic acids is 1. The van der Waals surface area contributed by atoms with Crippen molar-refractivity contribution in [2.75, 3.05) is 0 Å². The fourth-order valence-corrected chi connectivity index (χ4v) is 2.11. The van der Waals surface area contributed by atoms with E-state index in [1.165, 1.54) is 6.08 Å². The Morgan fingerprint density at radius 1 is 1.53 bits per heavy atom. The average Bonchev–Trinajstić information content (AvgIpc) is 2.30. The molecule has 0 aromatic rings. The molecule has 0 radical (unpaired) electrons. The summed E-state index contributed by atoms with van der Waals surface area (Å²) in [6.07, 6.45) is 1.91. The molecule has 1 rings (SSSR count). The number of alkyl halides is 3. The van der Waals surface area contributed by atoms with Gasteiger partial charge >= 0.3 is 12.1 Å². The Labute approximate surface area is 111 Å². The predicted octanol–water partition coefficient (Wildman–Crippen LogP) is 4.19. The van der Waals surface area contributed by atoms with Gasteiger partial charge in [0.05, 0.1) is 11.8 Å². The Bertz CT molecular complexity index is 409. The first-order chi connectivity index (χ1) is 8.60. The zero-order chi connectivity index (χ0) is 14.8. The highest BCUT2D eigenvalue weighted by molar-refractivity contribution is 5.75. The van der Waals surface area contributed by atoms with Crippen molar-refractivity contribution in [2.24, 2.45) is 17.3 Å². The minimum atomic E-state index is -4.51. The maximum Gasteiger partial charge on any atom is 0.392 e. The first kappa shape index (κ1) is 15.8. The number of hydrogen-bond acceptors (Lipinski definition) is 1. The molecule has 2 unspecified atom stereocenters. The number of rotatable bonds is 4. The van der Waals surface area contributed by atoms with Crippen molar-refractivity contribution in [1.82, 2.24) is 0 Å². The van der Waals surface area contributed by atoms with Crippen LogP contribution in [0.1, 0.15) is 33.6 Å². The van der Waals surface area contributed by atoms with Crippen molar-refractivity contribution < 1.29 is 23.1 Å². The van der Waals surface area contributed by atoms with Gasteiger partial charge in [-0.3, -0.25) is 4.79 Å². The fraction of sp³-hybridized carbons (Fsp3) is 0.643. The predicted molar refractivity (Wildman–Crippen MR) is 66.6 cm³/mol. The van der Waals surface area contributed by atoms with Gasteiger partial charge in [0, 0.05) is 0 Å². The van der Waals surface area contributed by atoms with E-state index in [2.05, 4.69) is 0 Å². The largest absolute Gasteiger partial charge is 0.481 e. The molecule has 0 fully saturated rings. The second-order valence-corrected chi connectivity index (χ2v) is 5.40. The summed E-state index contributed by atoms with van der Waals surface area (Å²) in [6, 6.07) is 0. The van der Waals surface area contributed by atoms with Crippen molar-refractivity contribution >= 4 is 5.97 Å². The zero-order valence-corrected chi connectivity index (χ0v) is 11.3.